The maximum atomic E-state index is 12.0. The molecule has 4 nitrogen and oxygen atoms in total. The highest BCUT2D eigenvalue weighted by atomic mass is 16.3. The monoisotopic (exact) mass is 222 g/mol. The summed E-state index contributed by atoms with van der Waals surface area (Å²) in [4.78, 5) is 12.0. The van der Waals surface area contributed by atoms with Crippen LogP contribution in [-0.4, -0.2) is 19.0 Å². The second-order valence-corrected chi connectivity index (χ2v) is 4.49. The zero-order valence-corrected chi connectivity index (χ0v) is 9.69. The third-order valence-corrected chi connectivity index (χ3v) is 3.18. The first-order chi connectivity index (χ1) is 7.68. The maximum absolute atomic E-state index is 12.0. The van der Waals surface area contributed by atoms with E-state index >= 15 is 0 Å². The van der Waals surface area contributed by atoms with Gasteiger partial charge in [0.2, 0.25) is 5.91 Å². The Morgan fingerprint density at radius 1 is 1.62 bits per heavy atom. The Labute approximate surface area is 95.4 Å². The van der Waals surface area contributed by atoms with Crippen LogP contribution in [0, 0.1) is 11.8 Å². The standard InChI is InChI=1S/C12H18N2O2/c1-8-6-13-7-10(8)12(15)14-9(2)11-4-3-5-16-11/h3-5,8-10,13H,6-7H2,1-2H3,(H,14,15)/t8-,9+,10-/m1/s1. The summed E-state index contributed by atoms with van der Waals surface area (Å²) >= 11 is 0. The fraction of sp³-hybridized carbons (Fsp3) is 0.583. The zero-order valence-electron chi connectivity index (χ0n) is 9.69. The van der Waals surface area contributed by atoms with Crippen LogP contribution in [0.3, 0.4) is 0 Å². The molecule has 4 heteroatoms. The van der Waals surface area contributed by atoms with E-state index in [2.05, 4.69) is 17.6 Å². The van der Waals surface area contributed by atoms with Crippen molar-refractivity contribution in [3.05, 3.63) is 24.2 Å². The summed E-state index contributed by atoms with van der Waals surface area (Å²) in [6.07, 6.45) is 1.62. The van der Waals surface area contributed by atoms with E-state index in [0.717, 1.165) is 18.8 Å². The van der Waals surface area contributed by atoms with Crippen LogP contribution in [0.1, 0.15) is 25.6 Å². The van der Waals surface area contributed by atoms with E-state index in [1.165, 1.54) is 0 Å². The highest BCUT2D eigenvalue weighted by molar-refractivity contribution is 5.79. The predicted octanol–water partition coefficient (Wildman–Crippen LogP) is 1.31. The van der Waals surface area contributed by atoms with Gasteiger partial charge in [0.15, 0.2) is 0 Å². The Hall–Kier alpha value is -1.29. The topological polar surface area (TPSA) is 54.3 Å². The Morgan fingerprint density at radius 3 is 3.00 bits per heavy atom. The molecule has 0 radical (unpaired) electrons. The number of hydrogen-bond acceptors (Lipinski definition) is 3. The van der Waals surface area contributed by atoms with E-state index < -0.39 is 0 Å². The molecular formula is C12H18N2O2. The normalized spacial score (nSPS) is 26.6. The maximum Gasteiger partial charge on any atom is 0.225 e. The molecule has 16 heavy (non-hydrogen) atoms. The molecule has 1 aliphatic heterocycles. The average molecular weight is 222 g/mol. The summed E-state index contributed by atoms with van der Waals surface area (Å²) in [7, 11) is 0. The second kappa shape index (κ2) is 4.70. The van der Waals surface area contributed by atoms with E-state index in [4.69, 9.17) is 4.42 Å². The van der Waals surface area contributed by atoms with Crippen LogP contribution in [0.5, 0.6) is 0 Å². The molecule has 3 atom stereocenters. The third kappa shape index (κ3) is 2.27. The molecule has 1 aromatic heterocycles. The highest BCUT2D eigenvalue weighted by Crippen LogP contribution is 2.18. The number of rotatable bonds is 3. The number of carbonyl (C=O) groups is 1. The van der Waals surface area contributed by atoms with E-state index in [1.54, 1.807) is 6.26 Å². The molecule has 0 bridgehead atoms. The molecule has 1 aromatic rings. The lowest BCUT2D eigenvalue weighted by Crippen LogP contribution is -2.35. The van der Waals surface area contributed by atoms with Crippen molar-refractivity contribution in [3.63, 3.8) is 0 Å². The van der Waals surface area contributed by atoms with Crippen LogP contribution in [0.2, 0.25) is 0 Å². The molecule has 1 fully saturated rings. The van der Waals surface area contributed by atoms with Crippen molar-refractivity contribution in [1.82, 2.24) is 10.6 Å². The zero-order chi connectivity index (χ0) is 11.5. The molecule has 1 aliphatic rings. The van der Waals surface area contributed by atoms with Gasteiger partial charge < -0.3 is 15.1 Å². The van der Waals surface area contributed by atoms with E-state index in [-0.39, 0.29) is 17.9 Å². The van der Waals surface area contributed by atoms with Gasteiger partial charge in [-0.1, -0.05) is 6.92 Å². The number of furan rings is 1. The smallest absolute Gasteiger partial charge is 0.225 e. The lowest BCUT2D eigenvalue weighted by Gasteiger charge is -2.17. The Bertz CT molecular complexity index is 348. The number of carbonyl (C=O) groups excluding carboxylic acids is 1. The Kier molecular flexibility index (Phi) is 3.29. The largest absolute Gasteiger partial charge is 0.467 e. The summed E-state index contributed by atoms with van der Waals surface area (Å²) in [5.41, 5.74) is 0. The van der Waals surface area contributed by atoms with Crippen LogP contribution < -0.4 is 10.6 Å². The lowest BCUT2D eigenvalue weighted by atomic mass is 9.97. The van der Waals surface area contributed by atoms with Crippen LogP contribution in [-0.2, 0) is 4.79 Å². The van der Waals surface area contributed by atoms with Crippen molar-refractivity contribution in [2.45, 2.75) is 19.9 Å². The van der Waals surface area contributed by atoms with Gasteiger partial charge in [-0.15, -0.1) is 0 Å². The number of nitrogens with one attached hydrogen (secondary N) is 2. The minimum Gasteiger partial charge on any atom is -0.467 e. The summed E-state index contributed by atoms with van der Waals surface area (Å²) in [5, 5.41) is 6.21. The highest BCUT2D eigenvalue weighted by Gasteiger charge is 2.30. The Balaban J connectivity index is 1.92. The van der Waals surface area contributed by atoms with Crippen molar-refractivity contribution in [1.29, 1.82) is 0 Å². The van der Waals surface area contributed by atoms with E-state index in [0.29, 0.717) is 5.92 Å². The van der Waals surface area contributed by atoms with Crippen molar-refractivity contribution in [2.24, 2.45) is 11.8 Å². The van der Waals surface area contributed by atoms with Gasteiger partial charge in [-0.2, -0.15) is 0 Å². The molecule has 2 rings (SSSR count). The van der Waals surface area contributed by atoms with Crippen LogP contribution in [0.4, 0.5) is 0 Å². The third-order valence-electron chi connectivity index (χ3n) is 3.18. The molecule has 2 heterocycles. The molecule has 0 spiro atoms. The number of amides is 1. The quantitative estimate of drug-likeness (QED) is 0.810. The minimum atomic E-state index is -0.0599. The van der Waals surface area contributed by atoms with Gasteiger partial charge in [0, 0.05) is 6.54 Å². The molecule has 0 aliphatic carbocycles. The van der Waals surface area contributed by atoms with Crippen LogP contribution in [0.25, 0.3) is 0 Å². The molecule has 1 amide bonds. The molecular weight excluding hydrogens is 204 g/mol. The second-order valence-electron chi connectivity index (χ2n) is 4.49. The first kappa shape index (κ1) is 11.2. The molecule has 0 aromatic carbocycles. The lowest BCUT2D eigenvalue weighted by molar-refractivity contribution is -0.126. The molecule has 0 unspecified atom stereocenters. The van der Waals surface area contributed by atoms with Gasteiger partial charge in [-0.25, -0.2) is 0 Å². The first-order valence-corrected chi connectivity index (χ1v) is 5.73. The fourth-order valence-electron chi connectivity index (χ4n) is 2.09. The van der Waals surface area contributed by atoms with Gasteiger partial charge >= 0.3 is 0 Å². The summed E-state index contributed by atoms with van der Waals surface area (Å²) in [6, 6.07) is 3.65. The molecule has 0 saturated carbocycles. The van der Waals surface area contributed by atoms with Gasteiger partial charge in [-0.05, 0) is 31.5 Å². The van der Waals surface area contributed by atoms with Crippen molar-refractivity contribution in [2.75, 3.05) is 13.1 Å². The Morgan fingerprint density at radius 2 is 2.44 bits per heavy atom. The van der Waals surface area contributed by atoms with E-state index in [9.17, 15) is 4.79 Å². The van der Waals surface area contributed by atoms with Crippen molar-refractivity contribution >= 4 is 5.91 Å². The SMILES string of the molecule is C[C@H](NC(=O)[C@@H]1CNC[C@H]1C)c1ccco1. The number of hydrogen-bond donors (Lipinski definition) is 2. The van der Waals surface area contributed by atoms with Gasteiger partial charge in [0.05, 0.1) is 18.2 Å². The minimum absolute atomic E-state index is 0.0599. The molecule has 1 saturated heterocycles. The fourth-order valence-corrected chi connectivity index (χ4v) is 2.09. The van der Waals surface area contributed by atoms with Crippen molar-refractivity contribution in [3.8, 4) is 0 Å². The van der Waals surface area contributed by atoms with Crippen LogP contribution >= 0.6 is 0 Å². The average Bonchev–Trinajstić information content (AvgIpc) is 2.86. The van der Waals surface area contributed by atoms with Gasteiger partial charge in [-0.3, -0.25) is 4.79 Å². The van der Waals surface area contributed by atoms with Crippen molar-refractivity contribution < 1.29 is 9.21 Å². The van der Waals surface area contributed by atoms with Gasteiger partial charge in [0.25, 0.3) is 0 Å². The van der Waals surface area contributed by atoms with E-state index in [1.807, 2.05) is 19.1 Å². The first-order valence-electron chi connectivity index (χ1n) is 5.73. The van der Waals surface area contributed by atoms with Crippen LogP contribution in [0.15, 0.2) is 22.8 Å². The van der Waals surface area contributed by atoms with Gasteiger partial charge in [0.1, 0.15) is 5.76 Å². The summed E-state index contributed by atoms with van der Waals surface area (Å²) < 4.78 is 5.26. The molecule has 88 valence electrons. The summed E-state index contributed by atoms with van der Waals surface area (Å²) in [6.45, 7) is 5.73. The summed E-state index contributed by atoms with van der Waals surface area (Å²) in [5.74, 6) is 1.40. The molecule has 2 N–H and O–H groups in total. The predicted molar refractivity (Wildman–Crippen MR) is 60.8 cm³/mol.